The summed E-state index contributed by atoms with van der Waals surface area (Å²) in [7, 11) is 2.06. The molecule has 0 aliphatic carbocycles. The quantitative estimate of drug-likeness (QED) is 0.635. The summed E-state index contributed by atoms with van der Waals surface area (Å²) in [5.41, 5.74) is 3.94. The molecule has 2 aliphatic rings. The largest absolute Gasteiger partial charge is 0.353 e. The number of nitrogens with zero attached hydrogens (tertiary/aromatic N) is 3. The highest BCUT2D eigenvalue weighted by molar-refractivity contribution is 5.94. The standard InChI is InChI=1S/C25H35N3O/c1-4-12-27-15-23-16-28(17-24-13-22(20(2)29)14-26(24)3)19-25(23,18-27)11-10-21-8-6-5-7-9-21/h5-9,13-14,23H,4,10-12,15-19H2,1-3H3. The number of aromatic nitrogens is 1. The molecule has 2 atom stereocenters. The molecule has 2 aliphatic heterocycles. The molecular weight excluding hydrogens is 358 g/mol. The van der Waals surface area contributed by atoms with Gasteiger partial charge in [-0.15, -0.1) is 0 Å². The highest BCUT2D eigenvalue weighted by Crippen LogP contribution is 2.46. The lowest BCUT2D eigenvalue weighted by atomic mass is 9.76. The maximum absolute atomic E-state index is 11.7. The van der Waals surface area contributed by atoms with Gasteiger partial charge in [0.1, 0.15) is 0 Å². The molecule has 1 aromatic heterocycles. The lowest BCUT2D eigenvalue weighted by Crippen LogP contribution is -2.35. The van der Waals surface area contributed by atoms with Crippen LogP contribution in [-0.4, -0.2) is 52.9 Å². The van der Waals surface area contributed by atoms with Crippen LogP contribution in [0.4, 0.5) is 0 Å². The van der Waals surface area contributed by atoms with Crippen molar-refractivity contribution in [3.05, 3.63) is 59.4 Å². The lowest BCUT2D eigenvalue weighted by Gasteiger charge is -2.30. The number of carbonyl (C=O) groups excluding carboxylic acids is 1. The van der Waals surface area contributed by atoms with Gasteiger partial charge in [0.2, 0.25) is 0 Å². The van der Waals surface area contributed by atoms with Gasteiger partial charge in [0.15, 0.2) is 5.78 Å². The lowest BCUT2D eigenvalue weighted by molar-refractivity contribution is 0.101. The van der Waals surface area contributed by atoms with Crippen molar-refractivity contribution in [2.45, 2.75) is 39.7 Å². The fourth-order valence-corrected chi connectivity index (χ4v) is 5.59. The average Bonchev–Trinajstić information content (AvgIpc) is 3.32. The first-order valence-electron chi connectivity index (χ1n) is 11.1. The van der Waals surface area contributed by atoms with Crippen molar-refractivity contribution in [1.82, 2.24) is 14.4 Å². The van der Waals surface area contributed by atoms with Gasteiger partial charge in [-0.3, -0.25) is 9.69 Å². The number of aryl methyl sites for hydroxylation is 2. The van der Waals surface area contributed by atoms with Crippen LogP contribution < -0.4 is 0 Å². The summed E-state index contributed by atoms with van der Waals surface area (Å²) in [6.45, 7) is 10.9. The van der Waals surface area contributed by atoms with E-state index in [4.69, 9.17) is 0 Å². The molecule has 2 fully saturated rings. The van der Waals surface area contributed by atoms with Gasteiger partial charge in [0.05, 0.1) is 0 Å². The summed E-state index contributed by atoms with van der Waals surface area (Å²) in [6, 6.07) is 13.0. The minimum atomic E-state index is 0.152. The average molecular weight is 394 g/mol. The predicted octanol–water partition coefficient (Wildman–Crippen LogP) is 4.00. The first-order chi connectivity index (χ1) is 14.0. The number of hydrogen-bond donors (Lipinski definition) is 0. The zero-order chi connectivity index (χ0) is 20.4. The molecule has 4 rings (SSSR count). The maximum Gasteiger partial charge on any atom is 0.161 e. The van der Waals surface area contributed by atoms with E-state index >= 15 is 0 Å². The first kappa shape index (κ1) is 20.4. The molecule has 2 aromatic rings. The Morgan fingerprint density at radius 2 is 1.86 bits per heavy atom. The SMILES string of the molecule is CCCN1CC2CN(Cc3cc(C(C)=O)cn3C)CC2(CCc2ccccc2)C1. The van der Waals surface area contributed by atoms with Crippen LogP contribution in [0.25, 0.3) is 0 Å². The third kappa shape index (κ3) is 4.34. The third-order valence-electron chi connectivity index (χ3n) is 7.09. The minimum Gasteiger partial charge on any atom is -0.353 e. The summed E-state index contributed by atoms with van der Waals surface area (Å²) < 4.78 is 2.13. The van der Waals surface area contributed by atoms with Gasteiger partial charge in [-0.2, -0.15) is 0 Å². The van der Waals surface area contributed by atoms with Crippen LogP contribution in [0.15, 0.2) is 42.6 Å². The fraction of sp³-hybridized carbons (Fsp3) is 0.560. The number of carbonyl (C=O) groups is 1. The molecule has 0 amide bonds. The molecule has 156 valence electrons. The van der Waals surface area contributed by atoms with Gasteiger partial charge in [0.25, 0.3) is 0 Å². The van der Waals surface area contributed by atoms with Gasteiger partial charge >= 0.3 is 0 Å². The van der Waals surface area contributed by atoms with Crippen LogP contribution in [0.3, 0.4) is 0 Å². The van der Waals surface area contributed by atoms with Crippen LogP contribution in [0.2, 0.25) is 0 Å². The molecule has 3 heterocycles. The Morgan fingerprint density at radius 3 is 2.55 bits per heavy atom. The second-order valence-corrected chi connectivity index (χ2v) is 9.34. The predicted molar refractivity (Wildman–Crippen MR) is 118 cm³/mol. The number of likely N-dealkylation sites (tertiary alicyclic amines) is 2. The van der Waals surface area contributed by atoms with Crippen molar-refractivity contribution in [1.29, 1.82) is 0 Å². The number of ketones is 1. The van der Waals surface area contributed by atoms with Crippen LogP contribution in [0, 0.1) is 11.3 Å². The Balaban J connectivity index is 1.47. The van der Waals surface area contributed by atoms with Crippen molar-refractivity contribution in [2.75, 3.05) is 32.7 Å². The van der Waals surface area contributed by atoms with Crippen LogP contribution in [0.1, 0.15) is 48.3 Å². The van der Waals surface area contributed by atoms with Gasteiger partial charge in [-0.25, -0.2) is 0 Å². The molecule has 0 radical (unpaired) electrons. The summed E-state index contributed by atoms with van der Waals surface area (Å²) >= 11 is 0. The number of benzene rings is 1. The van der Waals surface area contributed by atoms with E-state index in [2.05, 4.69) is 64.7 Å². The van der Waals surface area contributed by atoms with E-state index < -0.39 is 0 Å². The fourth-order valence-electron chi connectivity index (χ4n) is 5.59. The molecule has 1 aromatic carbocycles. The van der Waals surface area contributed by atoms with Gasteiger partial charge in [-0.05, 0) is 50.3 Å². The zero-order valence-electron chi connectivity index (χ0n) is 18.2. The zero-order valence-corrected chi connectivity index (χ0v) is 18.2. The Kier molecular flexibility index (Phi) is 5.93. The van der Waals surface area contributed by atoms with Gasteiger partial charge in [0, 0.05) is 62.6 Å². The Hall–Kier alpha value is -1.91. The molecule has 0 spiro atoms. The van der Waals surface area contributed by atoms with Crippen molar-refractivity contribution in [3.8, 4) is 0 Å². The molecule has 29 heavy (non-hydrogen) atoms. The second kappa shape index (κ2) is 8.45. The smallest absolute Gasteiger partial charge is 0.161 e. The van der Waals surface area contributed by atoms with E-state index in [1.54, 1.807) is 6.92 Å². The minimum absolute atomic E-state index is 0.152. The van der Waals surface area contributed by atoms with Crippen molar-refractivity contribution in [2.24, 2.45) is 18.4 Å². The van der Waals surface area contributed by atoms with E-state index in [1.165, 1.54) is 63.2 Å². The number of rotatable bonds is 8. The molecule has 0 bridgehead atoms. The molecule has 2 saturated heterocycles. The van der Waals surface area contributed by atoms with Crippen molar-refractivity contribution >= 4 is 5.78 Å². The van der Waals surface area contributed by atoms with E-state index in [0.717, 1.165) is 18.0 Å². The monoisotopic (exact) mass is 393 g/mol. The Bertz CT molecular complexity index is 843. The van der Waals surface area contributed by atoms with Gasteiger partial charge < -0.3 is 9.47 Å². The summed E-state index contributed by atoms with van der Waals surface area (Å²) in [4.78, 5) is 17.1. The summed E-state index contributed by atoms with van der Waals surface area (Å²) in [5, 5.41) is 0. The number of Topliss-reactive ketones (excluding diaryl/α,β-unsaturated/α-hetero) is 1. The van der Waals surface area contributed by atoms with E-state index in [1.807, 2.05) is 6.20 Å². The van der Waals surface area contributed by atoms with Gasteiger partial charge in [-0.1, -0.05) is 37.3 Å². The molecule has 4 heteroatoms. The maximum atomic E-state index is 11.7. The van der Waals surface area contributed by atoms with Crippen LogP contribution >= 0.6 is 0 Å². The number of fused-ring (bicyclic) bond motifs is 1. The van der Waals surface area contributed by atoms with Crippen molar-refractivity contribution < 1.29 is 4.79 Å². The molecule has 4 nitrogen and oxygen atoms in total. The second-order valence-electron chi connectivity index (χ2n) is 9.34. The Morgan fingerprint density at radius 1 is 1.14 bits per heavy atom. The summed E-state index contributed by atoms with van der Waals surface area (Å²) in [5.74, 6) is 0.907. The highest BCUT2D eigenvalue weighted by atomic mass is 16.1. The number of hydrogen-bond acceptors (Lipinski definition) is 3. The summed E-state index contributed by atoms with van der Waals surface area (Å²) in [6.07, 6.45) is 5.65. The molecule has 0 N–H and O–H groups in total. The normalized spacial score (nSPS) is 24.9. The molecular formula is C25H35N3O. The molecule has 0 saturated carbocycles. The van der Waals surface area contributed by atoms with E-state index in [9.17, 15) is 4.79 Å². The topological polar surface area (TPSA) is 28.5 Å². The molecule has 2 unspecified atom stereocenters. The van der Waals surface area contributed by atoms with E-state index in [0.29, 0.717) is 5.41 Å². The highest BCUT2D eigenvalue weighted by Gasteiger charge is 2.51. The van der Waals surface area contributed by atoms with Crippen LogP contribution in [0.5, 0.6) is 0 Å². The third-order valence-corrected chi connectivity index (χ3v) is 7.09. The van der Waals surface area contributed by atoms with Crippen molar-refractivity contribution in [3.63, 3.8) is 0 Å². The van der Waals surface area contributed by atoms with E-state index in [-0.39, 0.29) is 5.78 Å². The van der Waals surface area contributed by atoms with Crippen LogP contribution in [-0.2, 0) is 20.0 Å². The first-order valence-corrected chi connectivity index (χ1v) is 11.1. The Labute approximate surface area is 175 Å².